The van der Waals surface area contributed by atoms with Gasteiger partial charge in [0.15, 0.2) is 0 Å². The van der Waals surface area contributed by atoms with Gasteiger partial charge in [-0.05, 0) is 45.7 Å². The molecule has 0 saturated carbocycles. The first-order valence-corrected chi connectivity index (χ1v) is 7.75. The van der Waals surface area contributed by atoms with Gasteiger partial charge in [-0.25, -0.2) is 14.8 Å². The lowest BCUT2D eigenvalue weighted by atomic mass is 10.2. The molecule has 6 nitrogen and oxygen atoms in total. The molecule has 1 amide bonds. The second kappa shape index (κ2) is 6.28. The molecule has 0 aromatic carbocycles. The van der Waals surface area contributed by atoms with Gasteiger partial charge in [0.1, 0.15) is 11.4 Å². The van der Waals surface area contributed by atoms with Gasteiger partial charge in [0, 0.05) is 37.9 Å². The van der Waals surface area contributed by atoms with E-state index in [1.165, 1.54) is 0 Å². The van der Waals surface area contributed by atoms with Crippen LogP contribution in [0.1, 0.15) is 32.9 Å². The Morgan fingerprint density at radius 1 is 1.45 bits per heavy atom. The quantitative estimate of drug-likeness (QED) is 0.782. The molecular formula is C15H23ClN4O2. The third kappa shape index (κ3) is 4.22. The van der Waals surface area contributed by atoms with Gasteiger partial charge in [0.05, 0.1) is 0 Å². The average Bonchev–Trinajstić information content (AvgIpc) is 2.84. The SMILES string of the molecule is Cc1cc(N(C)[C@H]2CCN(C(=O)OC(C)(C)C)C2)nc(Cl)n1. The molecule has 1 aliphatic rings. The Kier molecular flexibility index (Phi) is 4.80. The third-order valence-electron chi connectivity index (χ3n) is 3.54. The van der Waals surface area contributed by atoms with Crippen molar-refractivity contribution in [2.75, 3.05) is 25.0 Å². The third-order valence-corrected chi connectivity index (χ3v) is 3.71. The number of anilines is 1. The van der Waals surface area contributed by atoms with Crippen LogP contribution in [0, 0.1) is 6.92 Å². The number of hydrogen-bond acceptors (Lipinski definition) is 5. The molecule has 2 heterocycles. The molecule has 0 aliphatic carbocycles. The van der Waals surface area contributed by atoms with Crippen molar-refractivity contribution in [3.05, 3.63) is 17.0 Å². The topological polar surface area (TPSA) is 58.6 Å². The summed E-state index contributed by atoms with van der Waals surface area (Å²) in [6.07, 6.45) is 0.608. The monoisotopic (exact) mass is 326 g/mol. The van der Waals surface area contributed by atoms with E-state index in [-0.39, 0.29) is 17.4 Å². The van der Waals surface area contributed by atoms with Crippen molar-refractivity contribution in [3.63, 3.8) is 0 Å². The number of carbonyl (C=O) groups excluding carboxylic acids is 1. The zero-order valence-electron chi connectivity index (χ0n) is 13.8. The Hall–Kier alpha value is -1.56. The number of aryl methyl sites for hydroxylation is 1. The summed E-state index contributed by atoms with van der Waals surface area (Å²) in [6, 6.07) is 2.08. The molecule has 7 heteroatoms. The number of nitrogens with zero attached hydrogens (tertiary/aromatic N) is 4. The van der Waals surface area contributed by atoms with Crippen LogP contribution in [-0.4, -0.2) is 52.7 Å². The van der Waals surface area contributed by atoms with Crippen LogP contribution in [0.15, 0.2) is 6.07 Å². The molecule has 0 unspecified atom stereocenters. The molecule has 1 aromatic heterocycles. The van der Waals surface area contributed by atoms with E-state index in [1.54, 1.807) is 4.90 Å². The molecule has 122 valence electrons. The van der Waals surface area contributed by atoms with Crippen LogP contribution in [0.25, 0.3) is 0 Å². The number of carbonyl (C=O) groups is 1. The van der Waals surface area contributed by atoms with Crippen LogP contribution in [0.5, 0.6) is 0 Å². The van der Waals surface area contributed by atoms with Crippen LogP contribution in [0.4, 0.5) is 10.6 Å². The number of amides is 1. The van der Waals surface area contributed by atoms with E-state index in [1.807, 2.05) is 45.7 Å². The number of hydrogen-bond donors (Lipinski definition) is 0. The van der Waals surface area contributed by atoms with Gasteiger partial charge in [-0.3, -0.25) is 0 Å². The van der Waals surface area contributed by atoms with Crippen LogP contribution >= 0.6 is 11.6 Å². The first kappa shape index (κ1) is 16.8. The predicted molar refractivity (Wildman–Crippen MR) is 86.4 cm³/mol. The number of halogens is 1. The summed E-state index contributed by atoms with van der Waals surface area (Å²) < 4.78 is 5.42. The molecular weight excluding hydrogens is 304 g/mol. The Bertz CT molecular complexity index is 539. The number of ether oxygens (including phenoxy) is 1. The molecule has 1 aromatic rings. The lowest BCUT2D eigenvalue weighted by molar-refractivity contribution is 0.0292. The minimum atomic E-state index is -0.474. The highest BCUT2D eigenvalue weighted by Gasteiger charge is 2.32. The summed E-state index contributed by atoms with van der Waals surface area (Å²) in [5.41, 5.74) is 0.349. The summed E-state index contributed by atoms with van der Waals surface area (Å²) in [7, 11) is 1.96. The number of likely N-dealkylation sites (tertiary alicyclic amines) is 1. The fraction of sp³-hybridized carbons (Fsp3) is 0.667. The van der Waals surface area contributed by atoms with Crippen LogP contribution < -0.4 is 4.90 Å². The maximum atomic E-state index is 12.1. The number of likely N-dealkylation sites (N-methyl/N-ethyl adjacent to an activating group) is 1. The highest BCUT2D eigenvalue weighted by molar-refractivity contribution is 6.28. The normalized spacial score (nSPS) is 18.5. The first-order chi connectivity index (χ1) is 10.2. The molecule has 1 atom stereocenters. The van der Waals surface area contributed by atoms with Crippen molar-refractivity contribution < 1.29 is 9.53 Å². The summed E-state index contributed by atoms with van der Waals surface area (Å²) in [6.45, 7) is 8.79. The van der Waals surface area contributed by atoms with E-state index >= 15 is 0 Å². The van der Waals surface area contributed by atoms with Crippen LogP contribution in [0.3, 0.4) is 0 Å². The van der Waals surface area contributed by atoms with E-state index in [0.29, 0.717) is 13.1 Å². The fourth-order valence-corrected chi connectivity index (χ4v) is 2.65. The largest absolute Gasteiger partial charge is 0.444 e. The van der Waals surface area contributed by atoms with Crippen LogP contribution in [0.2, 0.25) is 5.28 Å². The molecule has 0 bridgehead atoms. The lowest BCUT2D eigenvalue weighted by Gasteiger charge is -2.27. The predicted octanol–water partition coefficient (Wildman–Crippen LogP) is 2.88. The maximum absolute atomic E-state index is 12.1. The number of rotatable bonds is 2. The highest BCUT2D eigenvalue weighted by Crippen LogP contribution is 2.23. The molecule has 0 spiro atoms. The zero-order chi connectivity index (χ0) is 16.5. The fourth-order valence-electron chi connectivity index (χ4n) is 2.43. The van der Waals surface area contributed by atoms with Gasteiger partial charge < -0.3 is 14.5 Å². The Morgan fingerprint density at radius 2 is 2.14 bits per heavy atom. The van der Waals surface area contributed by atoms with Gasteiger partial charge >= 0.3 is 6.09 Å². The first-order valence-electron chi connectivity index (χ1n) is 7.37. The van der Waals surface area contributed by atoms with Gasteiger partial charge in [0.2, 0.25) is 5.28 Å². The second-order valence-electron chi connectivity index (χ2n) is 6.62. The Balaban J connectivity index is 2.02. The minimum absolute atomic E-state index is 0.192. The second-order valence-corrected chi connectivity index (χ2v) is 6.95. The van der Waals surface area contributed by atoms with E-state index in [2.05, 4.69) is 9.97 Å². The molecule has 0 N–H and O–H groups in total. The van der Waals surface area contributed by atoms with Crippen molar-refractivity contribution in [2.24, 2.45) is 0 Å². The summed E-state index contributed by atoms with van der Waals surface area (Å²) in [5.74, 6) is 0.772. The molecule has 1 aliphatic heterocycles. The average molecular weight is 327 g/mol. The van der Waals surface area contributed by atoms with E-state index in [4.69, 9.17) is 16.3 Å². The van der Waals surface area contributed by atoms with E-state index in [9.17, 15) is 4.79 Å². The Labute approximate surface area is 136 Å². The van der Waals surface area contributed by atoms with Gasteiger partial charge in [-0.2, -0.15) is 0 Å². The Morgan fingerprint density at radius 3 is 2.73 bits per heavy atom. The smallest absolute Gasteiger partial charge is 0.410 e. The summed E-state index contributed by atoms with van der Waals surface area (Å²) >= 11 is 5.92. The van der Waals surface area contributed by atoms with E-state index < -0.39 is 5.60 Å². The van der Waals surface area contributed by atoms with Crippen molar-refractivity contribution in [3.8, 4) is 0 Å². The number of aromatic nitrogens is 2. The minimum Gasteiger partial charge on any atom is -0.444 e. The standard InChI is InChI=1S/C15H23ClN4O2/c1-10-8-12(18-13(16)17-10)19(5)11-6-7-20(9-11)14(21)22-15(2,3)4/h8,11H,6-7,9H2,1-5H3/t11-/m0/s1. The molecule has 1 saturated heterocycles. The van der Waals surface area contributed by atoms with Crippen LogP contribution in [-0.2, 0) is 4.74 Å². The van der Waals surface area contributed by atoms with Crippen molar-refractivity contribution in [1.82, 2.24) is 14.9 Å². The lowest BCUT2D eigenvalue weighted by Crippen LogP contribution is -2.39. The van der Waals surface area contributed by atoms with Gasteiger partial charge in [-0.15, -0.1) is 0 Å². The molecule has 2 rings (SSSR count). The maximum Gasteiger partial charge on any atom is 0.410 e. The van der Waals surface area contributed by atoms with Gasteiger partial charge in [-0.1, -0.05) is 0 Å². The highest BCUT2D eigenvalue weighted by atomic mass is 35.5. The molecule has 22 heavy (non-hydrogen) atoms. The van der Waals surface area contributed by atoms with Gasteiger partial charge in [0.25, 0.3) is 0 Å². The molecule has 0 radical (unpaired) electrons. The van der Waals surface area contributed by atoms with Crippen molar-refractivity contribution >= 4 is 23.5 Å². The van der Waals surface area contributed by atoms with Crippen molar-refractivity contribution in [1.29, 1.82) is 0 Å². The van der Waals surface area contributed by atoms with Crippen molar-refractivity contribution in [2.45, 2.75) is 45.8 Å². The summed E-state index contributed by atoms with van der Waals surface area (Å²) in [4.78, 5) is 24.2. The van der Waals surface area contributed by atoms with E-state index in [0.717, 1.165) is 17.9 Å². The zero-order valence-corrected chi connectivity index (χ0v) is 14.5. The molecule has 1 fully saturated rings. The summed E-state index contributed by atoms with van der Waals surface area (Å²) in [5, 5.41) is 0.240.